The number of aliphatic hydroxyl groups is 1. The molecule has 7 nitrogen and oxygen atoms in total. The molecule has 0 aromatic heterocycles. The van der Waals surface area contributed by atoms with Gasteiger partial charge in [-0.25, -0.2) is 0 Å². The third kappa shape index (κ3) is 3.64. The summed E-state index contributed by atoms with van der Waals surface area (Å²) in [7, 11) is 0. The van der Waals surface area contributed by atoms with E-state index in [1.165, 1.54) is 6.07 Å². The molecule has 1 aliphatic rings. The van der Waals surface area contributed by atoms with Crippen LogP contribution in [-0.2, 0) is 4.74 Å². The van der Waals surface area contributed by atoms with Crippen molar-refractivity contribution in [1.82, 2.24) is 0 Å². The molecule has 0 atom stereocenters. The molecule has 2 aromatic rings. The van der Waals surface area contributed by atoms with Crippen LogP contribution in [0.15, 0.2) is 42.5 Å². The summed E-state index contributed by atoms with van der Waals surface area (Å²) in [5.74, 6) is 1.12. The van der Waals surface area contributed by atoms with Gasteiger partial charge in [-0.05, 0) is 25.1 Å². The molecule has 126 valence electrons. The zero-order valence-electron chi connectivity index (χ0n) is 13.2. The molecule has 0 bridgehead atoms. The lowest BCUT2D eigenvalue weighted by Gasteiger charge is -2.36. The first-order valence-electron chi connectivity index (χ1n) is 7.52. The topological polar surface area (TPSA) is 93.9 Å². The Bertz CT molecular complexity index is 741. The first-order chi connectivity index (χ1) is 11.5. The lowest BCUT2D eigenvalue weighted by atomic mass is 10.0. The summed E-state index contributed by atoms with van der Waals surface area (Å²) in [5, 5.41) is 24.1. The maximum Gasteiger partial charge on any atom is 0.292 e. The number of nitro benzene ring substituents is 1. The summed E-state index contributed by atoms with van der Waals surface area (Å²) in [6.45, 7) is 2.58. The van der Waals surface area contributed by atoms with Crippen molar-refractivity contribution in [3.63, 3.8) is 0 Å². The second-order valence-corrected chi connectivity index (χ2v) is 5.92. The minimum absolute atomic E-state index is 0.0740. The lowest BCUT2D eigenvalue weighted by Crippen LogP contribution is -2.54. The van der Waals surface area contributed by atoms with E-state index in [-0.39, 0.29) is 25.4 Å². The average molecular weight is 330 g/mol. The summed E-state index contributed by atoms with van der Waals surface area (Å²) < 4.78 is 10.7. The third-order valence-corrected chi connectivity index (χ3v) is 3.77. The van der Waals surface area contributed by atoms with E-state index in [4.69, 9.17) is 9.47 Å². The van der Waals surface area contributed by atoms with E-state index in [0.29, 0.717) is 17.2 Å². The van der Waals surface area contributed by atoms with Crippen molar-refractivity contribution in [2.24, 2.45) is 0 Å². The molecule has 2 N–H and O–H groups in total. The van der Waals surface area contributed by atoms with Crippen molar-refractivity contribution in [3.8, 4) is 11.5 Å². The van der Waals surface area contributed by atoms with Crippen molar-refractivity contribution < 1.29 is 19.5 Å². The molecule has 1 saturated heterocycles. The maximum absolute atomic E-state index is 11.2. The minimum Gasteiger partial charge on any atom is -0.457 e. The van der Waals surface area contributed by atoms with Crippen LogP contribution in [-0.4, -0.2) is 35.4 Å². The quantitative estimate of drug-likeness (QED) is 0.625. The molecule has 2 aromatic carbocycles. The highest BCUT2D eigenvalue weighted by molar-refractivity contribution is 5.64. The summed E-state index contributed by atoms with van der Waals surface area (Å²) in [6, 6.07) is 12.0. The van der Waals surface area contributed by atoms with Gasteiger partial charge in [0.15, 0.2) is 0 Å². The van der Waals surface area contributed by atoms with E-state index in [9.17, 15) is 15.2 Å². The van der Waals surface area contributed by atoms with Gasteiger partial charge in [-0.2, -0.15) is 0 Å². The van der Waals surface area contributed by atoms with Gasteiger partial charge in [0, 0.05) is 18.7 Å². The Morgan fingerprint density at radius 2 is 1.92 bits per heavy atom. The van der Waals surface area contributed by atoms with Crippen LogP contribution in [0.1, 0.15) is 5.56 Å². The highest BCUT2D eigenvalue weighted by Crippen LogP contribution is 2.32. The van der Waals surface area contributed by atoms with Crippen molar-refractivity contribution in [3.05, 3.63) is 58.1 Å². The summed E-state index contributed by atoms with van der Waals surface area (Å²) in [5.41, 5.74) is 0.353. The Balaban J connectivity index is 1.79. The summed E-state index contributed by atoms with van der Waals surface area (Å²) in [6.07, 6.45) is 0. The highest BCUT2D eigenvalue weighted by Gasteiger charge is 2.36. The fourth-order valence-corrected chi connectivity index (χ4v) is 2.32. The van der Waals surface area contributed by atoms with Crippen molar-refractivity contribution >= 4 is 11.4 Å². The number of anilines is 1. The van der Waals surface area contributed by atoms with Crippen LogP contribution in [0.5, 0.6) is 11.5 Å². The maximum atomic E-state index is 11.2. The van der Waals surface area contributed by atoms with Gasteiger partial charge in [-0.3, -0.25) is 10.1 Å². The molecule has 0 unspecified atom stereocenters. The van der Waals surface area contributed by atoms with E-state index < -0.39 is 10.5 Å². The molecule has 0 radical (unpaired) electrons. The van der Waals surface area contributed by atoms with Gasteiger partial charge in [0.2, 0.25) is 0 Å². The standard InChI is InChI=1S/C17H18N2O5/c1-12-2-4-13(5-3-12)24-14-6-7-16(19(21)22)15(8-14)18-9-17(20)10-23-11-17/h2-8,18,20H,9-11H2,1H3. The molecule has 0 aliphatic carbocycles. The zero-order chi connectivity index (χ0) is 17.2. The predicted molar refractivity (Wildman–Crippen MR) is 88.6 cm³/mol. The Hall–Kier alpha value is -2.64. The minimum atomic E-state index is -0.984. The van der Waals surface area contributed by atoms with Gasteiger partial charge >= 0.3 is 0 Å². The normalized spacial score (nSPS) is 15.4. The average Bonchev–Trinajstić information content (AvgIpc) is 2.53. The molecular formula is C17H18N2O5. The van der Waals surface area contributed by atoms with Crippen LogP contribution in [0.2, 0.25) is 0 Å². The molecule has 24 heavy (non-hydrogen) atoms. The first-order valence-corrected chi connectivity index (χ1v) is 7.52. The second-order valence-electron chi connectivity index (χ2n) is 5.92. The SMILES string of the molecule is Cc1ccc(Oc2ccc([N+](=O)[O-])c(NCC3(O)COC3)c2)cc1. The van der Waals surface area contributed by atoms with E-state index in [2.05, 4.69) is 5.32 Å². The van der Waals surface area contributed by atoms with Crippen LogP contribution in [0.4, 0.5) is 11.4 Å². The van der Waals surface area contributed by atoms with E-state index >= 15 is 0 Å². The van der Waals surface area contributed by atoms with Gasteiger partial charge in [0.1, 0.15) is 22.8 Å². The number of rotatable bonds is 6. The van der Waals surface area contributed by atoms with E-state index in [1.54, 1.807) is 12.1 Å². The molecule has 1 fully saturated rings. The van der Waals surface area contributed by atoms with Gasteiger partial charge in [-0.15, -0.1) is 0 Å². The third-order valence-electron chi connectivity index (χ3n) is 3.77. The predicted octanol–water partition coefficient (Wildman–Crippen LogP) is 2.87. The zero-order valence-corrected chi connectivity index (χ0v) is 13.2. The van der Waals surface area contributed by atoms with Crippen LogP contribution < -0.4 is 10.1 Å². The second kappa shape index (κ2) is 6.46. The van der Waals surface area contributed by atoms with Gasteiger partial charge in [0.25, 0.3) is 5.69 Å². The van der Waals surface area contributed by atoms with Crippen LogP contribution in [0.3, 0.4) is 0 Å². The van der Waals surface area contributed by atoms with Gasteiger partial charge < -0.3 is 19.9 Å². The van der Waals surface area contributed by atoms with E-state index in [0.717, 1.165) is 5.56 Å². The molecular weight excluding hydrogens is 312 g/mol. The van der Waals surface area contributed by atoms with Gasteiger partial charge in [0.05, 0.1) is 18.1 Å². The Labute approximate surface area is 139 Å². The number of nitrogens with one attached hydrogen (secondary N) is 1. The smallest absolute Gasteiger partial charge is 0.292 e. The number of nitro groups is 1. The van der Waals surface area contributed by atoms with Crippen LogP contribution >= 0.6 is 0 Å². The first kappa shape index (κ1) is 16.2. The number of ether oxygens (including phenoxy) is 2. The number of nitrogens with zero attached hydrogens (tertiary/aromatic N) is 1. The highest BCUT2D eigenvalue weighted by atomic mass is 16.6. The number of hydrogen-bond acceptors (Lipinski definition) is 6. The van der Waals surface area contributed by atoms with Crippen LogP contribution in [0.25, 0.3) is 0 Å². The number of hydrogen-bond donors (Lipinski definition) is 2. The molecule has 1 heterocycles. The number of benzene rings is 2. The molecule has 0 saturated carbocycles. The molecule has 7 heteroatoms. The summed E-state index contributed by atoms with van der Waals surface area (Å²) in [4.78, 5) is 10.7. The van der Waals surface area contributed by atoms with Gasteiger partial charge in [-0.1, -0.05) is 17.7 Å². The van der Waals surface area contributed by atoms with E-state index in [1.807, 2.05) is 31.2 Å². The fraction of sp³-hybridized carbons (Fsp3) is 0.294. The molecule has 0 spiro atoms. The number of aryl methyl sites for hydroxylation is 1. The summed E-state index contributed by atoms with van der Waals surface area (Å²) >= 11 is 0. The van der Waals surface area contributed by atoms with Crippen molar-refractivity contribution in [1.29, 1.82) is 0 Å². The molecule has 1 aliphatic heterocycles. The molecule has 0 amide bonds. The van der Waals surface area contributed by atoms with Crippen molar-refractivity contribution in [2.45, 2.75) is 12.5 Å². The largest absolute Gasteiger partial charge is 0.457 e. The Morgan fingerprint density at radius 3 is 2.50 bits per heavy atom. The molecule has 3 rings (SSSR count). The lowest BCUT2D eigenvalue weighted by molar-refractivity contribution is -0.384. The van der Waals surface area contributed by atoms with Crippen LogP contribution in [0, 0.1) is 17.0 Å². The monoisotopic (exact) mass is 330 g/mol. The fourth-order valence-electron chi connectivity index (χ4n) is 2.32. The Morgan fingerprint density at radius 1 is 1.25 bits per heavy atom. The van der Waals surface area contributed by atoms with Crippen molar-refractivity contribution in [2.75, 3.05) is 25.1 Å². The Kier molecular flexibility index (Phi) is 4.37.